The Morgan fingerprint density at radius 2 is 1.85 bits per heavy atom. The predicted molar refractivity (Wildman–Crippen MR) is 79.1 cm³/mol. The van der Waals surface area contributed by atoms with Crippen molar-refractivity contribution in [3.05, 3.63) is 0 Å². The van der Waals surface area contributed by atoms with Crippen molar-refractivity contribution >= 4 is 11.8 Å². The fourth-order valence-electron chi connectivity index (χ4n) is 3.97. The maximum Gasteiger partial charge on any atom is 0.249 e. The number of carbonyl (C=O) groups is 2. The number of hydrogen-bond acceptors (Lipinski definition) is 2. The molecule has 2 rings (SSSR count). The summed E-state index contributed by atoms with van der Waals surface area (Å²) in [7, 11) is 0. The first-order valence-electron chi connectivity index (χ1n) is 8.05. The molecule has 3 unspecified atom stereocenters. The lowest BCUT2D eigenvalue weighted by atomic mass is 9.77. The van der Waals surface area contributed by atoms with Crippen molar-refractivity contribution in [2.24, 2.45) is 11.8 Å². The quantitative estimate of drug-likeness (QED) is 0.862. The number of hydrogen-bond donors (Lipinski definition) is 1. The van der Waals surface area contributed by atoms with Gasteiger partial charge < -0.3 is 10.2 Å². The van der Waals surface area contributed by atoms with Gasteiger partial charge in [-0.2, -0.15) is 0 Å². The van der Waals surface area contributed by atoms with E-state index in [2.05, 4.69) is 19.2 Å². The average Bonchev–Trinajstić information content (AvgIpc) is 2.41. The molecule has 1 heterocycles. The molecule has 0 radical (unpaired) electrons. The van der Waals surface area contributed by atoms with Crippen molar-refractivity contribution in [3.8, 4) is 0 Å². The third-order valence-corrected chi connectivity index (χ3v) is 5.36. The van der Waals surface area contributed by atoms with Gasteiger partial charge in [0.15, 0.2) is 0 Å². The third kappa shape index (κ3) is 2.57. The molecule has 3 atom stereocenters. The van der Waals surface area contributed by atoms with Crippen molar-refractivity contribution in [1.29, 1.82) is 0 Å². The van der Waals surface area contributed by atoms with Crippen LogP contribution in [0.1, 0.15) is 59.8 Å². The summed E-state index contributed by atoms with van der Waals surface area (Å²) in [4.78, 5) is 26.8. The van der Waals surface area contributed by atoms with E-state index in [0.717, 1.165) is 25.2 Å². The number of rotatable bonds is 3. The van der Waals surface area contributed by atoms with E-state index in [0.29, 0.717) is 18.8 Å². The summed E-state index contributed by atoms with van der Waals surface area (Å²) in [5, 5.41) is 2.94. The minimum Gasteiger partial charge on any atom is -0.340 e. The number of amides is 2. The molecule has 2 amide bonds. The van der Waals surface area contributed by atoms with Crippen molar-refractivity contribution in [3.63, 3.8) is 0 Å². The third-order valence-electron chi connectivity index (χ3n) is 5.36. The van der Waals surface area contributed by atoms with Gasteiger partial charge in [0.05, 0.1) is 6.54 Å². The Balaban J connectivity index is 2.22. The van der Waals surface area contributed by atoms with Crippen LogP contribution in [-0.4, -0.2) is 34.8 Å². The Hall–Kier alpha value is -1.06. The van der Waals surface area contributed by atoms with E-state index < -0.39 is 5.54 Å². The summed E-state index contributed by atoms with van der Waals surface area (Å²) in [6, 6.07) is 0.238. The van der Waals surface area contributed by atoms with Crippen molar-refractivity contribution in [2.45, 2.75) is 71.4 Å². The molecule has 0 spiro atoms. The van der Waals surface area contributed by atoms with Gasteiger partial charge in [0, 0.05) is 6.04 Å². The van der Waals surface area contributed by atoms with E-state index in [1.54, 1.807) is 0 Å². The van der Waals surface area contributed by atoms with E-state index in [1.165, 1.54) is 0 Å². The first-order valence-corrected chi connectivity index (χ1v) is 8.05. The van der Waals surface area contributed by atoms with Gasteiger partial charge in [0.25, 0.3) is 0 Å². The Morgan fingerprint density at radius 1 is 1.20 bits per heavy atom. The van der Waals surface area contributed by atoms with Crippen LogP contribution in [-0.2, 0) is 9.59 Å². The zero-order chi connectivity index (χ0) is 14.9. The number of carbonyl (C=O) groups excluding carboxylic acids is 2. The first-order chi connectivity index (χ1) is 9.43. The second kappa shape index (κ2) is 5.74. The highest BCUT2D eigenvalue weighted by Crippen LogP contribution is 2.34. The van der Waals surface area contributed by atoms with Crippen LogP contribution in [0, 0.1) is 11.8 Å². The van der Waals surface area contributed by atoms with Crippen LogP contribution in [0.25, 0.3) is 0 Å². The molecule has 1 aliphatic carbocycles. The molecular weight excluding hydrogens is 252 g/mol. The zero-order valence-corrected chi connectivity index (χ0v) is 13.2. The smallest absolute Gasteiger partial charge is 0.249 e. The van der Waals surface area contributed by atoms with Crippen LogP contribution in [0.3, 0.4) is 0 Å². The van der Waals surface area contributed by atoms with Crippen molar-refractivity contribution in [2.75, 3.05) is 6.54 Å². The van der Waals surface area contributed by atoms with E-state index in [4.69, 9.17) is 0 Å². The Morgan fingerprint density at radius 3 is 2.40 bits per heavy atom. The van der Waals surface area contributed by atoms with E-state index in [-0.39, 0.29) is 24.4 Å². The second-order valence-electron chi connectivity index (χ2n) is 6.73. The molecule has 0 aromatic rings. The van der Waals surface area contributed by atoms with Crippen LogP contribution < -0.4 is 5.32 Å². The molecule has 0 aromatic heterocycles. The number of nitrogens with one attached hydrogen (secondary N) is 1. The molecule has 4 heteroatoms. The molecule has 1 aliphatic heterocycles. The van der Waals surface area contributed by atoms with Crippen LogP contribution in [0.2, 0.25) is 0 Å². The van der Waals surface area contributed by atoms with E-state index in [9.17, 15) is 9.59 Å². The fraction of sp³-hybridized carbons (Fsp3) is 0.875. The first kappa shape index (κ1) is 15.3. The molecule has 114 valence electrons. The highest BCUT2D eigenvalue weighted by molar-refractivity contribution is 5.98. The summed E-state index contributed by atoms with van der Waals surface area (Å²) in [5.74, 6) is 1.35. The fourth-order valence-corrected chi connectivity index (χ4v) is 3.97. The zero-order valence-electron chi connectivity index (χ0n) is 13.2. The molecule has 2 aliphatic rings. The van der Waals surface area contributed by atoms with Gasteiger partial charge in [0.1, 0.15) is 5.54 Å². The van der Waals surface area contributed by atoms with Gasteiger partial charge in [-0.25, -0.2) is 0 Å². The van der Waals surface area contributed by atoms with Gasteiger partial charge in [-0.15, -0.1) is 0 Å². The summed E-state index contributed by atoms with van der Waals surface area (Å²) in [6.07, 6.45) is 4.68. The van der Waals surface area contributed by atoms with Crippen LogP contribution in [0.4, 0.5) is 0 Å². The molecular formula is C16H28N2O2. The number of piperazine rings is 1. The largest absolute Gasteiger partial charge is 0.340 e. The molecule has 4 nitrogen and oxygen atoms in total. The lowest BCUT2D eigenvalue weighted by molar-refractivity contribution is -0.155. The predicted octanol–water partition coefficient (Wildman–Crippen LogP) is 2.33. The second-order valence-corrected chi connectivity index (χ2v) is 6.73. The molecule has 0 aromatic carbocycles. The summed E-state index contributed by atoms with van der Waals surface area (Å²) < 4.78 is 0. The van der Waals surface area contributed by atoms with Gasteiger partial charge in [-0.1, -0.05) is 27.7 Å². The average molecular weight is 280 g/mol. The highest BCUT2D eigenvalue weighted by Gasteiger charge is 2.47. The molecule has 1 N–H and O–H groups in total. The Labute approximate surface area is 122 Å². The molecule has 1 saturated carbocycles. The van der Waals surface area contributed by atoms with Gasteiger partial charge in [-0.3, -0.25) is 9.59 Å². The minimum atomic E-state index is -0.669. The summed E-state index contributed by atoms with van der Waals surface area (Å²) >= 11 is 0. The van der Waals surface area contributed by atoms with Gasteiger partial charge in [-0.05, 0) is 43.9 Å². The lowest BCUT2D eigenvalue weighted by Gasteiger charge is -2.47. The normalized spacial score (nSPS) is 34.0. The summed E-state index contributed by atoms with van der Waals surface area (Å²) in [6.45, 7) is 8.71. The van der Waals surface area contributed by atoms with E-state index in [1.807, 2.05) is 18.7 Å². The lowest BCUT2D eigenvalue weighted by Crippen LogP contribution is -2.68. The molecule has 1 saturated heterocycles. The minimum absolute atomic E-state index is 0.000813. The van der Waals surface area contributed by atoms with E-state index >= 15 is 0 Å². The Bertz CT molecular complexity index is 390. The maximum absolute atomic E-state index is 12.9. The van der Waals surface area contributed by atoms with Crippen LogP contribution in [0.15, 0.2) is 0 Å². The highest BCUT2D eigenvalue weighted by atomic mass is 16.2. The maximum atomic E-state index is 12.9. The van der Waals surface area contributed by atoms with Crippen molar-refractivity contribution < 1.29 is 9.59 Å². The SMILES string of the molecule is CCC1(CC)NC(=O)CN(C2CCC(C)CC2C)C1=O. The van der Waals surface area contributed by atoms with Crippen molar-refractivity contribution in [1.82, 2.24) is 10.2 Å². The standard InChI is InChI=1S/C16H28N2O2/c1-5-16(6-2)15(20)18(10-14(19)17-16)13-8-7-11(3)9-12(13)4/h11-13H,5-10H2,1-4H3,(H,17,19). The molecule has 20 heavy (non-hydrogen) atoms. The molecule has 2 fully saturated rings. The molecule has 0 bridgehead atoms. The van der Waals surface area contributed by atoms with Crippen LogP contribution in [0.5, 0.6) is 0 Å². The number of nitrogens with zero attached hydrogens (tertiary/aromatic N) is 1. The topological polar surface area (TPSA) is 49.4 Å². The van der Waals surface area contributed by atoms with Gasteiger partial charge in [0.2, 0.25) is 11.8 Å². The van der Waals surface area contributed by atoms with Gasteiger partial charge >= 0.3 is 0 Å². The Kier molecular flexibility index (Phi) is 4.40. The summed E-state index contributed by atoms with van der Waals surface area (Å²) in [5.41, 5.74) is -0.669. The van der Waals surface area contributed by atoms with Crippen LogP contribution >= 0.6 is 0 Å². The monoisotopic (exact) mass is 280 g/mol.